The molecule has 6 nitrogen and oxygen atoms in total. The smallest absolute Gasteiger partial charge is 0.278 e. The first kappa shape index (κ1) is 30.8. The Bertz CT molecular complexity index is 1320. The summed E-state index contributed by atoms with van der Waals surface area (Å²) in [6.07, 6.45) is -0.447. The topological polar surface area (TPSA) is 60.0 Å². The lowest BCUT2D eigenvalue weighted by Crippen LogP contribution is -2.48. The van der Waals surface area contributed by atoms with Gasteiger partial charge in [0.25, 0.3) is 5.91 Å². The minimum Gasteiger partial charge on any atom is -0.406 e. The van der Waals surface area contributed by atoms with Gasteiger partial charge in [-0.25, -0.2) is 14.3 Å². The maximum atomic E-state index is 16.7. The highest BCUT2D eigenvalue weighted by Crippen LogP contribution is 2.49. The molecule has 1 aliphatic rings. The fourth-order valence-electron chi connectivity index (χ4n) is 5.66. The molecule has 4 rings (SSSR count). The van der Waals surface area contributed by atoms with Crippen molar-refractivity contribution in [3.8, 4) is 0 Å². The number of carbonyl (C=O) groups excluding carboxylic acids is 1. The van der Waals surface area contributed by atoms with E-state index in [-0.39, 0.29) is 28.5 Å². The van der Waals surface area contributed by atoms with Crippen molar-refractivity contribution in [3.05, 3.63) is 100 Å². The minimum absolute atomic E-state index is 0.0755. The molecule has 1 fully saturated rings. The SMILES string of the molecule is CONC(=O)c1c(C)c(C(O[SiH2]C(C)(C)C)(c2ccccc2)c2ccccc2)c(N2CC(C)OC(C)C2)c(F)c1F. The quantitative estimate of drug-likeness (QED) is 0.207. The summed E-state index contributed by atoms with van der Waals surface area (Å²) < 4.78 is 45.8. The summed E-state index contributed by atoms with van der Waals surface area (Å²) in [7, 11) is -0.0615. The van der Waals surface area contributed by atoms with E-state index >= 15 is 8.78 Å². The molecule has 0 radical (unpaired) electrons. The molecule has 41 heavy (non-hydrogen) atoms. The molecule has 1 saturated heterocycles. The van der Waals surface area contributed by atoms with Crippen LogP contribution in [0.1, 0.15) is 67.2 Å². The van der Waals surface area contributed by atoms with Gasteiger partial charge >= 0.3 is 0 Å². The van der Waals surface area contributed by atoms with Gasteiger partial charge in [-0.05, 0) is 42.5 Å². The van der Waals surface area contributed by atoms with Crippen LogP contribution >= 0.6 is 0 Å². The Morgan fingerprint density at radius 2 is 1.46 bits per heavy atom. The molecule has 0 aromatic heterocycles. The third-order valence-corrected chi connectivity index (χ3v) is 8.64. The van der Waals surface area contributed by atoms with Crippen LogP contribution in [-0.4, -0.2) is 48.1 Å². The second kappa shape index (κ2) is 12.4. The van der Waals surface area contributed by atoms with Crippen molar-refractivity contribution in [2.24, 2.45) is 0 Å². The zero-order valence-corrected chi connectivity index (χ0v) is 26.3. The Kier molecular flexibility index (Phi) is 9.33. The summed E-state index contributed by atoms with van der Waals surface area (Å²) in [6, 6.07) is 19.2. The predicted octanol–water partition coefficient (Wildman–Crippen LogP) is 5.79. The molecule has 2 atom stereocenters. The summed E-state index contributed by atoms with van der Waals surface area (Å²) in [5.74, 6) is -3.21. The zero-order chi connectivity index (χ0) is 29.9. The molecule has 0 aliphatic carbocycles. The molecule has 1 heterocycles. The fourth-order valence-corrected chi connectivity index (χ4v) is 6.78. The fraction of sp³-hybridized carbons (Fsp3) is 0.406. The van der Waals surface area contributed by atoms with Crippen molar-refractivity contribution in [1.29, 1.82) is 0 Å². The van der Waals surface area contributed by atoms with Crippen LogP contribution in [0, 0.1) is 18.6 Å². The molecular formula is C32H40F2N2O4Si. The normalized spacial score (nSPS) is 18.2. The Morgan fingerprint density at radius 1 is 0.951 bits per heavy atom. The van der Waals surface area contributed by atoms with Crippen LogP contribution in [0.3, 0.4) is 0 Å². The molecule has 0 saturated carbocycles. The molecule has 2 unspecified atom stereocenters. The van der Waals surface area contributed by atoms with Gasteiger partial charge in [-0.3, -0.25) is 9.63 Å². The average Bonchev–Trinajstić information content (AvgIpc) is 2.92. The molecule has 0 bridgehead atoms. The van der Waals surface area contributed by atoms with Gasteiger partial charge in [0.2, 0.25) is 0 Å². The Hall–Kier alpha value is -3.11. The maximum Gasteiger partial charge on any atom is 0.278 e. The standard InChI is InChI=1S/C32H40F2N2O4Si/c1-20-18-36(19-21(2)39-20)29-26(22(3)25(27(33)28(29)34)30(37)35-38-7)32(40-41-31(4,5)6,23-14-10-8-11-15-23)24-16-12-9-13-17-24/h8-17,20-21H,18-19,41H2,1-7H3,(H,35,37). The van der Waals surface area contributed by atoms with Crippen molar-refractivity contribution in [2.75, 3.05) is 25.1 Å². The van der Waals surface area contributed by atoms with Crippen molar-refractivity contribution in [1.82, 2.24) is 5.48 Å². The monoisotopic (exact) mass is 582 g/mol. The molecule has 9 heteroatoms. The Labute approximate surface area is 243 Å². The van der Waals surface area contributed by atoms with Gasteiger partial charge in [-0.1, -0.05) is 81.4 Å². The van der Waals surface area contributed by atoms with Crippen LogP contribution < -0.4 is 10.4 Å². The number of carbonyl (C=O) groups is 1. The van der Waals surface area contributed by atoms with Gasteiger partial charge in [0.05, 0.1) is 30.6 Å². The van der Waals surface area contributed by atoms with E-state index in [1.54, 1.807) is 6.92 Å². The number of anilines is 1. The van der Waals surface area contributed by atoms with Crippen LogP contribution in [0.4, 0.5) is 14.5 Å². The van der Waals surface area contributed by atoms with Gasteiger partial charge in [-0.15, -0.1) is 0 Å². The molecule has 3 aromatic rings. The van der Waals surface area contributed by atoms with Gasteiger partial charge in [0, 0.05) is 18.7 Å². The summed E-state index contributed by atoms with van der Waals surface area (Å²) in [5, 5.41) is -0.139. The molecule has 1 aliphatic heterocycles. The molecule has 1 N–H and O–H groups in total. The van der Waals surface area contributed by atoms with Crippen LogP contribution in [-0.2, 0) is 19.6 Å². The van der Waals surface area contributed by atoms with Crippen LogP contribution in [0.25, 0.3) is 0 Å². The Balaban J connectivity index is 2.20. The first-order valence-electron chi connectivity index (χ1n) is 13.9. The first-order chi connectivity index (χ1) is 19.4. The van der Waals surface area contributed by atoms with E-state index in [4.69, 9.17) is 14.0 Å². The van der Waals surface area contributed by atoms with E-state index in [1.807, 2.05) is 79.4 Å². The number of benzene rings is 3. The third kappa shape index (κ3) is 6.23. The van der Waals surface area contributed by atoms with Gasteiger partial charge < -0.3 is 14.1 Å². The molecular weight excluding hydrogens is 542 g/mol. The second-order valence-electron chi connectivity index (χ2n) is 11.9. The number of hydrogen-bond acceptors (Lipinski definition) is 5. The molecule has 220 valence electrons. The second-order valence-corrected chi connectivity index (χ2v) is 14.6. The Morgan fingerprint density at radius 3 is 1.93 bits per heavy atom. The zero-order valence-electron chi connectivity index (χ0n) is 24.9. The summed E-state index contributed by atoms with van der Waals surface area (Å²) in [6.45, 7) is 12.5. The maximum absolute atomic E-state index is 16.7. The van der Waals surface area contributed by atoms with E-state index in [1.165, 1.54) is 7.11 Å². The number of halogens is 2. The highest BCUT2D eigenvalue weighted by atomic mass is 28.2. The van der Waals surface area contributed by atoms with Gasteiger partial charge in [0.1, 0.15) is 5.60 Å². The molecule has 0 spiro atoms. The summed E-state index contributed by atoms with van der Waals surface area (Å²) in [5.41, 5.74) is 2.68. The van der Waals surface area contributed by atoms with E-state index < -0.39 is 38.5 Å². The number of hydroxylamine groups is 1. The number of ether oxygens (including phenoxy) is 1. The number of morpholine rings is 1. The van der Waals surface area contributed by atoms with Crippen LogP contribution in [0.2, 0.25) is 5.04 Å². The summed E-state index contributed by atoms with van der Waals surface area (Å²) >= 11 is 0. The van der Waals surface area contributed by atoms with E-state index in [9.17, 15) is 4.79 Å². The predicted molar refractivity (Wildman–Crippen MR) is 160 cm³/mol. The van der Waals surface area contributed by atoms with Crippen molar-refractivity contribution < 1.29 is 27.6 Å². The van der Waals surface area contributed by atoms with E-state index in [2.05, 4.69) is 26.3 Å². The number of rotatable bonds is 8. The number of hydrogen-bond donors (Lipinski definition) is 1. The molecule has 3 aromatic carbocycles. The van der Waals surface area contributed by atoms with Crippen molar-refractivity contribution >= 4 is 21.4 Å². The molecule has 1 amide bonds. The lowest BCUT2D eigenvalue weighted by atomic mass is 9.76. The van der Waals surface area contributed by atoms with Crippen molar-refractivity contribution in [3.63, 3.8) is 0 Å². The number of amides is 1. The van der Waals surface area contributed by atoms with Crippen LogP contribution in [0.5, 0.6) is 0 Å². The highest BCUT2D eigenvalue weighted by Gasteiger charge is 2.46. The lowest BCUT2D eigenvalue weighted by Gasteiger charge is -2.44. The van der Waals surface area contributed by atoms with Gasteiger partial charge in [-0.2, -0.15) is 0 Å². The average molecular weight is 583 g/mol. The minimum atomic E-state index is -1.34. The third-order valence-electron chi connectivity index (χ3n) is 7.20. The number of nitrogens with one attached hydrogen (secondary N) is 1. The number of nitrogens with zero attached hydrogens (tertiary/aromatic N) is 1. The largest absolute Gasteiger partial charge is 0.406 e. The van der Waals surface area contributed by atoms with Crippen molar-refractivity contribution in [2.45, 2.75) is 64.4 Å². The summed E-state index contributed by atoms with van der Waals surface area (Å²) in [4.78, 5) is 19.9. The van der Waals surface area contributed by atoms with Crippen LogP contribution in [0.15, 0.2) is 60.7 Å². The first-order valence-corrected chi connectivity index (χ1v) is 15.2. The van der Waals surface area contributed by atoms with E-state index in [0.29, 0.717) is 18.7 Å². The van der Waals surface area contributed by atoms with Gasteiger partial charge in [0.15, 0.2) is 21.4 Å². The lowest BCUT2D eigenvalue weighted by molar-refractivity contribution is -0.00569. The highest BCUT2D eigenvalue weighted by molar-refractivity contribution is 6.32. The van der Waals surface area contributed by atoms with E-state index in [0.717, 1.165) is 11.1 Å².